The van der Waals surface area contributed by atoms with Crippen LogP contribution in [0.4, 0.5) is 0 Å². The topological polar surface area (TPSA) is 55.4 Å². The zero-order valence-electron chi connectivity index (χ0n) is 11.9. The molecule has 0 radical (unpaired) electrons. The van der Waals surface area contributed by atoms with E-state index in [0.29, 0.717) is 6.54 Å². The Bertz CT molecular complexity index is 446. The first-order valence-corrected chi connectivity index (χ1v) is 7.17. The molecule has 1 rings (SSSR count). The van der Waals surface area contributed by atoms with Gasteiger partial charge < -0.3 is 10.1 Å². The minimum Gasteiger partial charge on any atom is -0.460 e. The Morgan fingerprint density at radius 1 is 1.32 bits per heavy atom. The minimum atomic E-state index is -0.498. The molecule has 0 aliphatic rings. The molecule has 106 valence electrons. The first kappa shape index (κ1) is 15.7. The van der Waals surface area contributed by atoms with Gasteiger partial charge in [-0.05, 0) is 44.7 Å². The molecular weight excluding hydrogens is 262 g/mol. The van der Waals surface area contributed by atoms with Gasteiger partial charge in [-0.2, -0.15) is 0 Å². The third-order valence-electron chi connectivity index (χ3n) is 2.39. The van der Waals surface area contributed by atoms with Crippen LogP contribution in [0.5, 0.6) is 0 Å². The van der Waals surface area contributed by atoms with Gasteiger partial charge in [0, 0.05) is 11.3 Å². The molecule has 0 saturated carbocycles. The van der Waals surface area contributed by atoms with Crippen LogP contribution in [0.1, 0.15) is 44.1 Å². The van der Waals surface area contributed by atoms with Gasteiger partial charge in [-0.15, -0.1) is 11.3 Å². The van der Waals surface area contributed by atoms with Crippen molar-refractivity contribution in [3.63, 3.8) is 0 Å². The SMILES string of the molecule is Cc1ccsc1CNC(=O)CCC(=O)OC(C)(C)C. The lowest BCUT2D eigenvalue weighted by molar-refractivity contribution is -0.155. The third-order valence-corrected chi connectivity index (χ3v) is 3.41. The molecule has 0 atom stereocenters. The summed E-state index contributed by atoms with van der Waals surface area (Å²) in [6.07, 6.45) is 0.284. The lowest BCUT2D eigenvalue weighted by Gasteiger charge is -2.19. The van der Waals surface area contributed by atoms with Crippen LogP contribution in [-0.4, -0.2) is 17.5 Å². The average Bonchev–Trinajstić information content (AvgIpc) is 2.67. The summed E-state index contributed by atoms with van der Waals surface area (Å²) in [6, 6.07) is 2.02. The highest BCUT2D eigenvalue weighted by Crippen LogP contribution is 2.15. The number of nitrogens with one attached hydrogen (secondary N) is 1. The summed E-state index contributed by atoms with van der Waals surface area (Å²) >= 11 is 1.62. The normalized spacial score (nSPS) is 11.2. The monoisotopic (exact) mass is 283 g/mol. The molecule has 1 aromatic rings. The molecule has 1 amide bonds. The molecular formula is C14H21NO3S. The highest BCUT2D eigenvalue weighted by Gasteiger charge is 2.17. The third kappa shape index (κ3) is 6.38. The smallest absolute Gasteiger partial charge is 0.306 e. The molecule has 1 N–H and O–H groups in total. The number of carbonyl (C=O) groups excluding carboxylic acids is 2. The number of carbonyl (C=O) groups is 2. The van der Waals surface area contributed by atoms with E-state index in [2.05, 4.69) is 5.32 Å². The lowest BCUT2D eigenvalue weighted by Crippen LogP contribution is -2.26. The summed E-state index contributed by atoms with van der Waals surface area (Å²) in [5, 5.41) is 4.81. The van der Waals surface area contributed by atoms with Crippen molar-refractivity contribution in [1.82, 2.24) is 5.32 Å². The Labute approximate surface area is 118 Å². The van der Waals surface area contributed by atoms with Gasteiger partial charge in [0.05, 0.1) is 13.0 Å². The number of rotatable bonds is 5. The molecule has 1 heterocycles. The predicted molar refractivity (Wildman–Crippen MR) is 76.0 cm³/mol. The van der Waals surface area contributed by atoms with Crippen LogP contribution in [0.25, 0.3) is 0 Å². The van der Waals surface area contributed by atoms with Gasteiger partial charge in [0.1, 0.15) is 5.60 Å². The summed E-state index contributed by atoms with van der Waals surface area (Å²) in [6.45, 7) is 7.97. The van der Waals surface area contributed by atoms with E-state index in [0.717, 1.165) is 4.88 Å². The molecule has 0 bridgehead atoms. The first-order chi connectivity index (χ1) is 8.78. The van der Waals surface area contributed by atoms with Gasteiger partial charge in [-0.3, -0.25) is 9.59 Å². The fraction of sp³-hybridized carbons (Fsp3) is 0.571. The summed E-state index contributed by atoms with van der Waals surface area (Å²) in [5.74, 6) is -0.464. The molecule has 0 unspecified atom stereocenters. The average molecular weight is 283 g/mol. The van der Waals surface area contributed by atoms with Crippen LogP contribution < -0.4 is 5.32 Å². The van der Waals surface area contributed by atoms with E-state index in [1.165, 1.54) is 5.56 Å². The highest BCUT2D eigenvalue weighted by molar-refractivity contribution is 7.10. The van der Waals surface area contributed by atoms with Crippen LogP contribution in [0, 0.1) is 6.92 Å². The van der Waals surface area contributed by atoms with Crippen molar-refractivity contribution in [2.45, 2.75) is 52.7 Å². The van der Waals surface area contributed by atoms with E-state index < -0.39 is 5.60 Å². The number of amides is 1. The number of ether oxygens (including phenoxy) is 1. The maximum Gasteiger partial charge on any atom is 0.306 e. The molecule has 0 spiro atoms. The zero-order valence-corrected chi connectivity index (χ0v) is 12.7. The second kappa shape index (κ2) is 6.70. The number of hydrogen-bond acceptors (Lipinski definition) is 4. The van der Waals surface area contributed by atoms with Gasteiger partial charge in [0.2, 0.25) is 5.91 Å². The molecule has 0 saturated heterocycles. The number of esters is 1. The quantitative estimate of drug-likeness (QED) is 0.845. The van der Waals surface area contributed by atoms with E-state index in [4.69, 9.17) is 4.74 Å². The van der Waals surface area contributed by atoms with Crippen LogP contribution in [0.15, 0.2) is 11.4 Å². The maximum absolute atomic E-state index is 11.6. The van der Waals surface area contributed by atoms with Crippen molar-refractivity contribution >= 4 is 23.2 Å². The predicted octanol–water partition coefficient (Wildman–Crippen LogP) is 2.79. The Hall–Kier alpha value is -1.36. The summed E-state index contributed by atoms with van der Waals surface area (Å²) in [4.78, 5) is 24.2. The van der Waals surface area contributed by atoms with Crippen molar-refractivity contribution in [2.75, 3.05) is 0 Å². The van der Waals surface area contributed by atoms with E-state index in [-0.39, 0.29) is 24.7 Å². The van der Waals surface area contributed by atoms with Crippen molar-refractivity contribution in [1.29, 1.82) is 0 Å². The summed E-state index contributed by atoms with van der Waals surface area (Å²) < 4.78 is 5.14. The van der Waals surface area contributed by atoms with Crippen molar-refractivity contribution in [3.05, 3.63) is 21.9 Å². The molecule has 0 aromatic carbocycles. The molecule has 5 heteroatoms. The second-order valence-electron chi connectivity index (χ2n) is 5.39. The largest absolute Gasteiger partial charge is 0.460 e. The van der Waals surface area contributed by atoms with E-state index in [9.17, 15) is 9.59 Å². The van der Waals surface area contributed by atoms with Gasteiger partial charge in [-0.25, -0.2) is 0 Å². The van der Waals surface area contributed by atoms with Crippen molar-refractivity contribution in [3.8, 4) is 0 Å². The summed E-state index contributed by atoms with van der Waals surface area (Å²) in [5.41, 5.74) is 0.680. The molecule has 4 nitrogen and oxygen atoms in total. The van der Waals surface area contributed by atoms with Crippen LogP contribution in [-0.2, 0) is 20.9 Å². The fourth-order valence-corrected chi connectivity index (χ4v) is 2.31. The lowest BCUT2D eigenvalue weighted by atomic mass is 10.2. The van der Waals surface area contributed by atoms with Gasteiger partial charge in [0.25, 0.3) is 0 Å². The fourth-order valence-electron chi connectivity index (χ4n) is 1.46. The highest BCUT2D eigenvalue weighted by atomic mass is 32.1. The van der Waals surface area contributed by atoms with Gasteiger partial charge >= 0.3 is 5.97 Å². The zero-order chi connectivity index (χ0) is 14.5. The molecule has 0 fully saturated rings. The van der Waals surface area contributed by atoms with Gasteiger partial charge in [0.15, 0.2) is 0 Å². The first-order valence-electron chi connectivity index (χ1n) is 6.29. The number of thiophene rings is 1. The minimum absolute atomic E-state index is 0.118. The molecule has 19 heavy (non-hydrogen) atoms. The van der Waals surface area contributed by atoms with Crippen LogP contribution in [0.2, 0.25) is 0 Å². The Morgan fingerprint density at radius 3 is 2.53 bits per heavy atom. The van der Waals surface area contributed by atoms with E-state index in [1.54, 1.807) is 11.3 Å². The number of hydrogen-bond donors (Lipinski definition) is 1. The van der Waals surface area contributed by atoms with Crippen molar-refractivity contribution in [2.24, 2.45) is 0 Å². The van der Waals surface area contributed by atoms with Crippen LogP contribution >= 0.6 is 11.3 Å². The Kier molecular flexibility index (Phi) is 5.54. The molecule has 1 aromatic heterocycles. The Balaban J connectivity index is 2.25. The van der Waals surface area contributed by atoms with Crippen LogP contribution in [0.3, 0.4) is 0 Å². The molecule has 0 aliphatic heterocycles. The second-order valence-corrected chi connectivity index (χ2v) is 6.39. The van der Waals surface area contributed by atoms with E-state index in [1.807, 2.05) is 39.1 Å². The summed E-state index contributed by atoms with van der Waals surface area (Å²) in [7, 11) is 0. The molecule has 0 aliphatic carbocycles. The Morgan fingerprint density at radius 2 is 2.00 bits per heavy atom. The number of aryl methyl sites for hydroxylation is 1. The van der Waals surface area contributed by atoms with E-state index >= 15 is 0 Å². The van der Waals surface area contributed by atoms with Crippen molar-refractivity contribution < 1.29 is 14.3 Å². The standard InChI is InChI=1S/C14H21NO3S/c1-10-7-8-19-11(10)9-15-12(16)5-6-13(17)18-14(2,3)4/h7-8H,5-6,9H2,1-4H3,(H,15,16). The maximum atomic E-state index is 11.6. The van der Waals surface area contributed by atoms with Gasteiger partial charge in [-0.1, -0.05) is 0 Å².